The van der Waals surface area contributed by atoms with Crippen molar-refractivity contribution in [2.75, 3.05) is 0 Å². The molecule has 1 aliphatic carbocycles. The van der Waals surface area contributed by atoms with Crippen LogP contribution in [-0.4, -0.2) is 5.78 Å². The molecule has 0 aliphatic heterocycles. The van der Waals surface area contributed by atoms with E-state index in [-0.39, 0.29) is 5.41 Å². The molecule has 1 saturated carbocycles. The summed E-state index contributed by atoms with van der Waals surface area (Å²) in [6.45, 7) is 8.61. The summed E-state index contributed by atoms with van der Waals surface area (Å²) in [5.41, 5.74) is 1.90. The first kappa shape index (κ1) is 15.5. The van der Waals surface area contributed by atoms with Gasteiger partial charge in [0.1, 0.15) is 0 Å². The van der Waals surface area contributed by atoms with Crippen LogP contribution in [0.15, 0.2) is 34.3 Å². The van der Waals surface area contributed by atoms with Gasteiger partial charge in [-0.15, -0.1) is 0 Å². The normalized spacial score (nSPS) is 29.2. The third-order valence-corrected chi connectivity index (χ3v) is 5.40. The van der Waals surface area contributed by atoms with E-state index in [1.807, 2.05) is 12.1 Å². The molecule has 20 heavy (non-hydrogen) atoms. The molecule has 2 atom stereocenters. The van der Waals surface area contributed by atoms with Crippen molar-refractivity contribution in [2.45, 2.75) is 40.5 Å². The third kappa shape index (κ3) is 2.90. The fourth-order valence-electron chi connectivity index (χ4n) is 2.84. The molecule has 0 bridgehead atoms. The standard InChI is InChI=1S/C18H23BrO/c1-12(2)18(4)10-9-13(3)16(17(18)20)11-14-5-7-15(19)8-6-14/h5-8,11-13H,9-10H2,1-4H3/b16-11-. The zero-order valence-corrected chi connectivity index (χ0v) is 14.3. The first-order valence-electron chi connectivity index (χ1n) is 7.36. The Labute approximate surface area is 130 Å². The van der Waals surface area contributed by atoms with Gasteiger partial charge in [0.05, 0.1) is 0 Å². The average molecular weight is 335 g/mol. The minimum Gasteiger partial charge on any atom is -0.294 e. The predicted molar refractivity (Wildman–Crippen MR) is 88.5 cm³/mol. The summed E-state index contributed by atoms with van der Waals surface area (Å²) in [5, 5.41) is 0. The van der Waals surface area contributed by atoms with E-state index in [0.717, 1.165) is 28.5 Å². The monoisotopic (exact) mass is 334 g/mol. The van der Waals surface area contributed by atoms with Crippen molar-refractivity contribution in [1.29, 1.82) is 0 Å². The number of hydrogen-bond acceptors (Lipinski definition) is 1. The molecule has 1 aromatic carbocycles. The van der Waals surface area contributed by atoms with Crippen LogP contribution in [0.4, 0.5) is 0 Å². The second-order valence-electron chi connectivity index (χ2n) is 6.49. The van der Waals surface area contributed by atoms with Gasteiger partial charge >= 0.3 is 0 Å². The first-order valence-corrected chi connectivity index (χ1v) is 8.16. The van der Waals surface area contributed by atoms with E-state index >= 15 is 0 Å². The number of Topliss-reactive ketones (excluding diaryl/α,β-unsaturated/α-hetero) is 1. The number of hydrogen-bond donors (Lipinski definition) is 0. The van der Waals surface area contributed by atoms with E-state index in [1.165, 1.54) is 0 Å². The molecule has 2 rings (SSSR count). The fourth-order valence-corrected chi connectivity index (χ4v) is 3.10. The molecule has 0 spiro atoms. The Hall–Kier alpha value is -0.890. The van der Waals surface area contributed by atoms with Gasteiger partial charge in [-0.3, -0.25) is 4.79 Å². The molecule has 1 fully saturated rings. The Morgan fingerprint density at radius 2 is 1.90 bits per heavy atom. The highest BCUT2D eigenvalue weighted by Crippen LogP contribution is 2.44. The van der Waals surface area contributed by atoms with E-state index in [4.69, 9.17) is 0 Å². The molecular formula is C18H23BrO. The van der Waals surface area contributed by atoms with Crippen molar-refractivity contribution >= 4 is 27.8 Å². The van der Waals surface area contributed by atoms with Crippen LogP contribution in [0.1, 0.15) is 46.1 Å². The van der Waals surface area contributed by atoms with Crippen LogP contribution in [0.25, 0.3) is 6.08 Å². The van der Waals surface area contributed by atoms with Crippen molar-refractivity contribution in [1.82, 2.24) is 0 Å². The van der Waals surface area contributed by atoms with Crippen LogP contribution in [0.2, 0.25) is 0 Å². The lowest BCUT2D eigenvalue weighted by Crippen LogP contribution is -2.40. The molecule has 2 unspecified atom stereocenters. The van der Waals surface area contributed by atoms with Crippen molar-refractivity contribution in [3.63, 3.8) is 0 Å². The largest absolute Gasteiger partial charge is 0.294 e. The molecule has 0 radical (unpaired) electrons. The molecule has 0 saturated heterocycles. The van der Waals surface area contributed by atoms with E-state index in [1.54, 1.807) is 0 Å². The number of carbonyl (C=O) groups excluding carboxylic acids is 1. The van der Waals surface area contributed by atoms with Crippen LogP contribution in [0, 0.1) is 17.3 Å². The minimum absolute atomic E-state index is 0.201. The lowest BCUT2D eigenvalue weighted by molar-refractivity contribution is -0.129. The Morgan fingerprint density at radius 3 is 2.45 bits per heavy atom. The van der Waals surface area contributed by atoms with Crippen LogP contribution >= 0.6 is 15.9 Å². The summed E-state index contributed by atoms with van der Waals surface area (Å²) in [7, 11) is 0. The number of benzene rings is 1. The maximum atomic E-state index is 12.9. The SMILES string of the molecule is CC1CCC(C)(C(C)C)C(=O)/C1=C\c1ccc(Br)cc1. The summed E-state index contributed by atoms with van der Waals surface area (Å²) < 4.78 is 1.06. The maximum absolute atomic E-state index is 12.9. The molecule has 108 valence electrons. The van der Waals surface area contributed by atoms with Gasteiger partial charge in [-0.05, 0) is 54.0 Å². The van der Waals surface area contributed by atoms with Crippen molar-refractivity contribution < 1.29 is 4.79 Å². The Bertz CT molecular complexity index is 527. The molecule has 0 aromatic heterocycles. The van der Waals surface area contributed by atoms with Gasteiger partial charge in [0.25, 0.3) is 0 Å². The molecular weight excluding hydrogens is 312 g/mol. The van der Waals surface area contributed by atoms with E-state index < -0.39 is 0 Å². The zero-order chi connectivity index (χ0) is 14.9. The number of halogens is 1. The number of ketones is 1. The Balaban J connectivity index is 2.37. The second kappa shape index (κ2) is 5.85. The summed E-state index contributed by atoms with van der Waals surface area (Å²) >= 11 is 3.44. The highest BCUT2D eigenvalue weighted by molar-refractivity contribution is 9.10. The van der Waals surface area contributed by atoms with Gasteiger partial charge in [-0.2, -0.15) is 0 Å². The topological polar surface area (TPSA) is 17.1 Å². The van der Waals surface area contributed by atoms with Crippen molar-refractivity contribution in [2.24, 2.45) is 17.3 Å². The molecule has 1 nitrogen and oxygen atoms in total. The lowest BCUT2D eigenvalue weighted by Gasteiger charge is -2.39. The molecule has 1 aliphatic rings. The molecule has 0 heterocycles. The van der Waals surface area contributed by atoms with Crippen LogP contribution in [0.3, 0.4) is 0 Å². The molecule has 1 aromatic rings. The van der Waals surface area contributed by atoms with Gasteiger partial charge in [0, 0.05) is 9.89 Å². The quantitative estimate of drug-likeness (QED) is 0.653. The van der Waals surface area contributed by atoms with E-state index in [9.17, 15) is 4.79 Å². The smallest absolute Gasteiger partial charge is 0.165 e. The molecule has 0 amide bonds. The fraction of sp³-hybridized carbons (Fsp3) is 0.500. The third-order valence-electron chi connectivity index (χ3n) is 4.87. The highest BCUT2D eigenvalue weighted by Gasteiger charge is 2.42. The maximum Gasteiger partial charge on any atom is 0.165 e. The number of allylic oxidation sites excluding steroid dienone is 1. The summed E-state index contributed by atoms with van der Waals surface area (Å²) in [5.74, 6) is 1.09. The highest BCUT2D eigenvalue weighted by atomic mass is 79.9. The van der Waals surface area contributed by atoms with E-state index in [2.05, 4.69) is 61.8 Å². The van der Waals surface area contributed by atoms with Crippen LogP contribution in [-0.2, 0) is 4.79 Å². The lowest BCUT2D eigenvalue weighted by atomic mass is 9.63. The number of carbonyl (C=O) groups is 1. The van der Waals surface area contributed by atoms with Gasteiger partial charge < -0.3 is 0 Å². The minimum atomic E-state index is -0.201. The first-order chi connectivity index (χ1) is 9.34. The average Bonchev–Trinajstić information content (AvgIpc) is 2.41. The molecule has 0 N–H and O–H groups in total. The van der Waals surface area contributed by atoms with Crippen LogP contribution < -0.4 is 0 Å². The Kier molecular flexibility index (Phi) is 4.53. The summed E-state index contributed by atoms with van der Waals surface area (Å²) in [6, 6.07) is 8.15. The number of rotatable bonds is 2. The summed E-state index contributed by atoms with van der Waals surface area (Å²) in [4.78, 5) is 12.9. The van der Waals surface area contributed by atoms with Gasteiger partial charge in [0.2, 0.25) is 0 Å². The summed E-state index contributed by atoms with van der Waals surface area (Å²) in [6.07, 6.45) is 4.18. The molecule has 2 heteroatoms. The van der Waals surface area contributed by atoms with E-state index in [0.29, 0.717) is 17.6 Å². The van der Waals surface area contributed by atoms with Gasteiger partial charge in [0.15, 0.2) is 5.78 Å². The predicted octanol–water partition coefficient (Wildman–Crippen LogP) is 5.49. The second-order valence-corrected chi connectivity index (χ2v) is 7.41. The Morgan fingerprint density at radius 1 is 1.30 bits per heavy atom. The van der Waals surface area contributed by atoms with Crippen molar-refractivity contribution in [3.05, 3.63) is 39.9 Å². The van der Waals surface area contributed by atoms with Gasteiger partial charge in [-0.25, -0.2) is 0 Å². The van der Waals surface area contributed by atoms with Gasteiger partial charge in [-0.1, -0.05) is 55.8 Å². The van der Waals surface area contributed by atoms with Crippen molar-refractivity contribution in [3.8, 4) is 0 Å². The zero-order valence-electron chi connectivity index (χ0n) is 12.7. The van der Waals surface area contributed by atoms with Crippen LogP contribution in [0.5, 0.6) is 0 Å².